The van der Waals surface area contributed by atoms with Crippen molar-refractivity contribution >= 4 is 13.5 Å². The molecule has 0 spiro atoms. The maximum absolute atomic E-state index is 12.9. The van der Waals surface area contributed by atoms with Gasteiger partial charge >= 0.3 is 7.62 Å². The molecule has 0 saturated carbocycles. The first-order chi connectivity index (χ1) is 15.2. The number of benzene rings is 1. The van der Waals surface area contributed by atoms with Crippen molar-refractivity contribution in [2.45, 2.75) is 31.7 Å². The number of amides is 1. The molecule has 1 aliphatic rings. The van der Waals surface area contributed by atoms with E-state index in [9.17, 15) is 9.90 Å². The maximum Gasteiger partial charge on any atom is 0.363 e. The van der Waals surface area contributed by atoms with Crippen LogP contribution in [0.4, 0.5) is 0 Å². The van der Waals surface area contributed by atoms with Crippen LogP contribution in [0, 0.1) is 5.92 Å². The van der Waals surface area contributed by atoms with Gasteiger partial charge in [0.1, 0.15) is 11.8 Å². The molecular formula is C23H33BN4O3. The zero-order valence-electron chi connectivity index (χ0n) is 18.3. The standard InChI is InChI=1S/C23H33BN4O3/c1-31-24-28-16-10-19(11-17-28)8-14-26-22(20-2-4-21(29)5-3-20)23(30)27-15-9-18-6-12-25-13-7-18/h2-7,12-13,19,22,24,26,29H,8-11,14-17H2,1H3,(H,27,30). The second kappa shape index (κ2) is 12.4. The van der Waals surface area contributed by atoms with Crippen molar-refractivity contribution in [3.8, 4) is 5.75 Å². The summed E-state index contributed by atoms with van der Waals surface area (Å²) in [5.41, 5.74) is 2.00. The summed E-state index contributed by atoms with van der Waals surface area (Å²) in [6.45, 7) is 3.47. The molecule has 3 rings (SSSR count). The Morgan fingerprint density at radius 1 is 1.19 bits per heavy atom. The average molecular weight is 424 g/mol. The number of carbonyl (C=O) groups excluding carboxylic acids is 1. The second-order valence-electron chi connectivity index (χ2n) is 8.14. The van der Waals surface area contributed by atoms with E-state index in [0.29, 0.717) is 20.1 Å². The highest BCUT2D eigenvalue weighted by atomic mass is 16.4. The van der Waals surface area contributed by atoms with Crippen LogP contribution >= 0.6 is 0 Å². The third-order valence-electron chi connectivity index (χ3n) is 5.87. The Kier molecular flexibility index (Phi) is 9.33. The first-order valence-electron chi connectivity index (χ1n) is 11.1. The van der Waals surface area contributed by atoms with E-state index in [1.54, 1.807) is 43.8 Å². The fourth-order valence-corrected chi connectivity index (χ4v) is 4.03. The van der Waals surface area contributed by atoms with E-state index >= 15 is 0 Å². The van der Waals surface area contributed by atoms with Gasteiger partial charge in [-0.1, -0.05) is 12.1 Å². The molecule has 0 aliphatic carbocycles. The molecule has 1 fully saturated rings. The van der Waals surface area contributed by atoms with Crippen LogP contribution in [-0.4, -0.2) is 61.7 Å². The topological polar surface area (TPSA) is 86.7 Å². The van der Waals surface area contributed by atoms with E-state index in [2.05, 4.69) is 20.4 Å². The van der Waals surface area contributed by atoms with Gasteiger partial charge in [-0.15, -0.1) is 0 Å². The molecule has 31 heavy (non-hydrogen) atoms. The first-order valence-corrected chi connectivity index (χ1v) is 11.1. The van der Waals surface area contributed by atoms with Crippen molar-refractivity contribution in [1.82, 2.24) is 20.4 Å². The van der Waals surface area contributed by atoms with Crippen molar-refractivity contribution in [2.75, 3.05) is 33.3 Å². The molecule has 2 heterocycles. The van der Waals surface area contributed by atoms with Crippen molar-refractivity contribution in [3.63, 3.8) is 0 Å². The van der Waals surface area contributed by atoms with Gasteiger partial charge in [-0.05, 0) is 86.6 Å². The lowest BCUT2D eigenvalue weighted by atomic mass is 9.91. The van der Waals surface area contributed by atoms with Crippen LogP contribution in [0.15, 0.2) is 48.8 Å². The van der Waals surface area contributed by atoms with Gasteiger partial charge in [-0.3, -0.25) is 9.78 Å². The third kappa shape index (κ3) is 7.65. The Bertz CT molecular complexity index is 783. The summed E-state index contributed by atoms with van der Waals surface area (Å²) in [4.78, 5) is 19.3. The van der Waals surface area contributed by atoms with E-state index in [4.69, 9.17) is 4.65 Å². The van der Waals surface area contributed by atoms with Crippen LogP contribution in [0.5, 0.6) is 5.75 Å². The Labute approximate surface area is 185 Å². The van der Waals surface area contributed by atoms with Crippen LogP contribution in [-0.2, 0) is 15.9 Å². The van der Waals surface area contributed by atoms with Gasteiger partial charge in [0.15, 0.2) is 0 Å². The SMILES string of the molecule is COBN1CCC(CCNC(C(=O)NCCc2ccncc2)c2ccc(O)cc2)CC1. The van der Waals surface area contributed by atoms with Gasteiger partial charge in [0.2, 0.25) is 5.91 Å². The van der Waals surface area contributed by atoms with E-state index < -0.39 is 6.04 Å². The molecule has 1 aromatic carbocycles. The zero-order valence-corrected chi connectivity index (χ0v) is 18.3. The number of nitrogens with zero attached hydrogens (tertiary/aromatic N) is 2. The van der Waals surface area contributed by atoms with Crippen molar-refractivity contribution in [1.29, 1.82) is 0 Å². The summed E-state index contributed by atoms with van der Waals surface area (Å²) in [5, 5.41) is 16.1. The molecule has 7 nitrogen and oxygen atoms in total. The molecule has 0 radical (unpaired) electrons. The number of hydrogen-bond donors (Lipinski definition) is 3. The largest absolute Gasteiger partial charge is 0.508 e. The first kappa shape index (κ1) is 23.3. The molecule has 8 heteroatoms. The summed E-state index contributed by atoms with van der Waals surface area (Å²) in [6, 6.07) is 10.3. The number of phenols is 1. The molecule has 1 saturated heterocycles. The molecule has 1 aliphatic heterocycles. The predicted octanol–water partition coefficient (Wildman–Crippen LogP) is 1.79. The lowest BCUT2D eigenvalue weighted by molar-refractivity contribution is -0.123. The van der Waals surface area contributed by atoms with Crippen molar-refractivity contribution < 1.29 is 14.6 Å². The van der Waals surface area contributed by atoms with Gasteiger partial charge < -0.3 is 25.2 Å². The predicted molar refractivity (Wildman–Crippen MR) is 123 cm³/mol. The normalized spacial score (nSPS) is 16.0. The number of aromatic nitrogens is 1. The zero-order chi connectivity index (χ0) is 21.9. The minimum absolute atomic E-state index is 0.0466. The molecule has 1 amide bonds. The number of rotatable bonds is 11. The Morgan fingerprint density at radius 2 is 1.90 bits per heavy atom. The van der Waals surface area contributed by atoms with Gasteiger partial charge in [0, 0.05) is 26.0 Å². The van der Waals surface area contributed by atoms with Crippen molar-refractivity contribution in [3.05, 3.63) is 59.9 Å². The van der Waals surface area contributed by atoms with Gasteiger partial charge in [-0.2, -0.15) is 0 Å². The Morgan fingerprint density at radius 3 is 2.58 bits per heavy atom. The summed E-state index contributed by atoms with van der Waals surface area (Å²) in [6.07, 6.45) is 7.64. The molecule has 1 unspecified atom stereocenters. The third-order valence-corrected chi connectivity index (χ3v) is 5.87. The highest BCUT2D eigenvalue weighted by molar-refractivity contribution is 6.23. The van der Waals surface area contributed by atoms with Crippen molar-refractivity contribution in [2.24, 2.45) is 5.92 Å². The number of carbonyl (C=O) groups is 1. The molecule has 1 atom stereocenters. The number of pyridine rings is 1. The number of hydrogen-bond acceptors (Lipinski definition) is 6. The van der Waals surface area contributed by atoms with E-state index in [0.717, 1.165) is 56.4 Å². The second-order valence-corrected chi connectivity index (χ2v) is 8.14. The van der Waals surface area contributed by atoms with Crippen LogP contribution in [0.2, 0.25) is 0 Å². The van der Waals surface area contributed by atoms with Gasteiger partial charge in [-0.25, -0.2) is 0 Å². The minimum Gasteiger partial charge on any atom is -0.508 e. The highest BCUT2D eigenvalue weighted by Crippen LogP contribution is 2.21. The Hall–Kier alpha value is -2.42. The number of nitrogens with one attached hydrogen (secondary N) is 2. The monoisotopic (exact) mass is 424 g/mol. The summed E-state index contributed by atoms with van der Waals surface area (Å²) in [7, 11) is 2.44. The van der Waals surface area contributed by atoms with Gasteiger partial charge in [0.25, 0.3) is 0 Å². The maximum atomic E-state index is 12.9. The molecule has 166 valence electrons. The Balaban J connectivity index is 1.50. The smallest absolute Gasteiger partial charge is 0.363 e. The molecule has 3 N–H and O–H groups in total. The summed E-state index contributed by atoms with van der Waals surface area (Å²) in [5.74, 6) is 0.814. The fourth-order valence-electron chi connectivity index (χ4n) is 4.03. The van der Waals surface area contributed by atoms with E-state index in [1.165, 1.54) is 0 Å². The van der Waals surface area contributed by atoms with Crippen LogP contribution in [0.1, 0.15) is 36.4 Å². The fraction of sp³-hybridized carbons (Fsp3) is 0.478. The molecule has 2 aromatic rings. The van der Waals surface area contributed by atoms with Crippen LogP contribution in [0.25, 0.3) is 0 Å². The van der Waals surface area contributed by atoms with Crippen LogP contribution in [0.3, 0.4) is 0 Å². The average Bonchev–Trinajstić information content (AvgIpc) is 2.79. The molecule has 0 bridgehead atoms. The van der Waals surface area contributed by atoms with E-state index in [-0.39, 0.29) is 11.7 Å². The van der Waals surface area contributed by atoms with Crippen LogP contribution < -0.4 is 10.6 Å². The minimum atomic E-state index is -0.438. The quantitative estimate of drug-likeness (QED) is 0.477. The van der Waals surface area contributed by atoms with Gasteiger partial charge in [0.05, 0.1) is 0 Å². The number of phenolic OH excluding ortho intramolecular Hbond substituents is 1. The summed E-state index contributed by atoms with van der Waals surface area (Å²) < 4.78 is 5.22. The summed E-state index contributed by atoms with van der Waals surface area (Å²) >= 11 is 0. The highest BCUT2D eigenvalue weighted by Gasteiger charge is 2.22. The number of piperidine rings is 1. The molecule has 1 aromatic heterocycles. The van der Waals surface area contributed by atoms with E-state index in [1.807, 2.05) is 12.1 Å². The lowest BCUT2D eigenvalue weighted by Crippen LogP contribution is -2.40. The lowest BCUT2D eigenvalue weighted by Gasteiger charge is -2.31. The molecular weight excluding hydrogens is 391 g/mol. The number of aromatic hydroxyl groups is 1.